The quantitative estimate of drug-likeness (QED) is 0.487. The molecule has 88 valence electrons. The molecule has 0 amide bonds. The van der Waals surface area contributed by atoms with Crippen molar-refractivity contribution in [2.75, 3.05) is 24.3 Å². The van der Waals surface area contributed by atoms with Gasteiger partial charge in [-0.25, -0.2) is 4.98 Å². The Bertz CT molecular complexity index is 384. The fourth-order valence-electron chi connectivity index (χ4n) is 1.01. The molecule has 1 atom stereocenters. The zero-order chi connectivity index (χ0) is 12.1. The number of nitro groups is 1. The van der Waals surface area contributed by atoms with E-state index in [1.807, 2.05) is 0 Å². The summed E-state index contributed by atoms with van der Waals surface area (Å²) in [5.74, 6) is 0.365. The second kappa shape index (κ2) is 5.21. The van der Waals surface area contributed by atoms with Crippen molar-refractivity contribution in [2.24, 2.45) is 0 Å². The van der Waals surface area contributed by atoms with Crippen molar-refractivity contribution in [1.82, 2.24) is 9.97 Å². The standard InChI is InChI=1S/C8H13N5O3/c1-5(4-14)11-7-6(13(15)16)3-10-8(9-2)12-7/h3,5,14H,4H2,1-2H3,(H2,9,10,11,12). The van der Waals surface area contributed by atoms with Gasteiger partial charge in [0.1, 0.15) is 6.20 Å². The Morgan fingerprint density at radius 3 is 2.88 bits per heavy atom. The average Bonchev–Trinajstić information content (AvgIpc) is 2.28. The van der Waals surface area contributed by atoms with Gasteiger partial charge in [-0.05, 0) is 6.92 Å². The Hall–Kier alpha value is -1.96. The maximum Gasteiger partial charge on any atom is 0.329 e. The molecule has 16 heavy (non-hydrogen) atoms. The number of hydrogen-bond acceptors (Lipinski definition) is 7. The molecule has 1 unspecified atom stereocenters. The van der Waals surface area contributed by atoms with E-state index in [1.54, 1.807) is 14.0 Å². The lowest BCUT2D eigenvalue weighted by Gasteiger charge is -2.11. The topological polar surface area (TPSA) is 113 Å². The van der Waals surface area contributed by atoms with Gasteiger partial charge in [-0.15, -0.1) is 0 Å². The fraction of sp³-hybridized carbons (Fsp3) is 0.500. The highest BCUT2D eigenvalue weighted by Crippen LogP contribution is 2.22. The molecule has 0 aliphatic carbocycles. The highest BCUT2D eigenvalue weighted by Gasteiger charge is 2.18. The molecule has 0 saturated heterocycles. The van der Waals surface area contributed by atoms with Gasteiger partial charge in [-0.3, -0.25) is 10.1 Å². The first-order valence-electron chi connectivity index (χ1n) is 4.65. The first-order valence-corrected chi connectivity index (χ1v) is 4.65. The maximum atomic E-state index is 10.7. The van der Waals surface area contributed by atoms with Crippen LogP contribution in [0.5, 0.6) is 0 Å². The zero-order valence-electron chi connectivity index (χ0n) is 8.97. The Kier molecular flexibility index (Phi) is 3.95. The molecule has 0 fully saturated rings. The molecular weight excluding hydrogens is 214 g/mol. The van der Waals surface area contributed by atoms with Crippen LogP contribution >= 0.6 is 0 Å². The van der Waals surface area contributed by atoms with E-state index in [-0.39, 0.29) is 30.1 Å². The highest BCUT2D eigenvalue weighted by atomic mass is 16.6. The third-order valence-corrected chi connectivity index (χ3v) is 1.85. The van der Waals surface area contributed by atoms with E-state index in [9.17, 15) is 10.1 Å². The molecule has 1 aromatic heterocycles. The summed E-state index contributed by atoms with van der Waals surface area (Å²) in [6.45, 7) is 1.54. The molecule has 0 radical (unpaired) electrons. The average molecular weight is 227 g/mol. The number of nitrogens with zero attached hydrogens (tertiary/aromatic N) is 3. The molecule has 1 rings (SSSR count). The number of aliphatic hydroxyl groups is 1. The van der Waals surface area contributed by atoms with Crippen molar-refractivity contribution in [1.29, 1.82) is 0 Å². The Balaban J connectivity index is 3.05. The molecule has 0 bridgehead atoms. The van der Waals surface area contributed by atoms with Crippen LogP contribution in [0.15, 0.2) is 6.20 Å². The lowest BCUT2D eigenvalue weighted by atomic mass is 10.3. The van der Waals surface area contributed by atoms with Crippen molar-refractivity contribution in [2.45, 2.75) is 13.0 Å². The van der Waals surface area contributed by atoms with Gasteiger partial charge in [0.25, 0.3) is 0 Å². The number of aromatic nitrogens is 2. The molecule has 8 nitrogen and oxygen atoms in total. The van der Waals surface area contributed by atoms with Crippen LogP contribution in [-0.4, -0.2) is 39.7 Å². The lowest BCUT2D eigenvalue weighted by Crippen LogP contribution is -2.21. The molecule has 0 aliphatic heterocycles. The van der Waals surface area contributed by atoms with Crippen LogP contribution < -0.4 is 10.6 Å². The third kappa shape index (κ3) is 2.76. The van der Waals surface area contributed by atoms with E-state index >= 15 is 0 Å². The van der Waals surface area contributed by atoms with E-state index in [1.165, 1.54) is 0 Å². The molecule has 1 heterocycles. The molecule has 8 heteroatoms. The Morgan fingerprint density at radius 2 is 2.38 bits per heavy atom. The predicted octanol–water partition coefficient (Wildman–Crippen LogP) is 0.219. The largest absolute Gasteiger partial charge is 0.394 e. The Labute approximate surface area is 91.9 Å². The summed E-state index contributed by atoms with van der Waals surface area (Å²) in [6, 6.07) is -0.321. The van der Waals surface area contributed by atoms with E-state index in [4.69, 9.17) is 5.11 Å². The normalized spacial score (nSPS) is 11.9. The third-order valence-electron chi connectivity index (χ3n) is 1.85. The first kappa shape index (κ1) is 12.1. The number of nitrogens with one attached hydrogen (secondary N) is 2. The molecule has 0 spiro atoms. The van der Waals surface area contributed by atoms with Crippen LogP contribution in [0.2, 0.25) is 0 Å². The molecule has 0 aromatic carbocycles. The summed E-state index contributed by atoms with van der Waals surface area (Å²) in [4.78, 5) is 17.8. The molecule has 0 aliphatic rings. The van der Waals surface area contributed by atoms with Crippen molar-refractivity contribution in [3.05, 3.63) is 16.3 Å². The minimum Gasteiger partial charge on any atom is -0.394 e. The van der Waals surface area contributed by atoms with Crippen LogP contribution in [0.4, 0.5) is 17.5 Å². The summed E-state index contributed by atoms with van der Waals surface area (Å²) in [5, 5.41) is 25.0. The minimum absolute atomic E-state index is 0.0888. The number of rotatable bonds is 5. The molecule has 1 aromatic rings. The predicted molar refractivity (Wildman–Crippen MR) is 58.4 cm³/mol. The van der Waals surface area contributed by atoms with Gasteiger partial charge in [0.15, 0.2) is 0 Å². The molecule has 0 saturated carbocycles. The van der Waals surface area contributed by atoms with Gasteiger partial charge in [0.2, 0.25) is 11.8 Å². The summed E-state index contributed by atoms with van der Waals surface area (Å²) < 4.78 is 0. The maximum absolute atomic E-state index is 10.7. The van der Waals surface area contributed by atoms with Gasteiger partial charge in [0, 0.05) is 13.1 Å². The van der Waals surface area contributed by atoms with E-state index in [2.05, 4.69) is 20.6 Å². The van der Waals surface area contributed by atoms with Gasteiger partial charge < -0.3 is 15.7 Å². The zero-order valence-corrected chi connectivity index (χ0v) is 8.97. The van der Waals surface area contributed by atoms with E-state index < -0.39 is 4.92 Å². The Morgan fingerprint density at radius 1 is 1.69 bits per heavy atom. The monoisotopic (exact) mass is 227 g/mol. The minimum atomic E-state index is -0.578. The van der Waals surface area contributed by atoms with Crippen molar-refractivity contribution < 1.29 is 10.0 Å². The van der Waals surface area contributed by atoms with Crippen LogP contribution in [0.1, 0.15) is 6.92 Å². The van der Waals surface area contributed by atoms with Crippen molar-refractivity contribution >= 4 is 17.5 Å². The van der Waals surface area contributed by atoms with Crippen LogP contribution in [0, 0.1) is 10.1 Å². The number of anilines is 2. The van der Waals surface area contributed by atoms with Crippen molar-refractivity contribution in [3.63, 3.8) is 0 Å². The summed E-state index contributed by atoms with van der Waals surface area (Å²) in [5.41, 5.74) is -0.223. The van der Waals surface area contributed by atoms with E-state index in [0.717, 1.165) is 6.20 Å². The molecular formula is C8H13N5O3. The van der Waals surface area contributed by atoms with Gasteiger partial charge >= 0.3 is 5.69 Å². The van der Waals surface area contributed by atoms with Crippen LogP contribution in [0.25, 0.3) is 0 Å². The van der Waals surface area contributed by atoms with Crippen LogP contribution in [0.3, 0.4) is 0 Å². The van der Waals surface area contributed by atoms with Gasteiger partial charge in [0.05, 0.1) is 11.5 Å². The van der Waals surface area contributed by atoms with Crippen LogP contribution in [-0.2, 0) is 0 Å². The molecule has 3 N–H and O–H groups in total. The SMILES string of the molecule is CNc1ncc([N+](=O)[O-])c(NC(C)CO)n1. The second-order valence-corrected chi connectivity index (χ2v) is 3.16. The number of hydrogen-bond donors (Lipinski definition) is 3. The smallest absolute Gasteiger partial charge is 0.329 e. The second-order valence-electron chi connectivity index (χ2n) is 3.16. The fourth-order valence-corrected chi connectivity index (χ4v) is 1.01. The van der Waals surface area contributed by atoms with Gasteiger partial charge in [-0.1, -0.05) is 0 Å². The summed E-state index contributed by atoms with van der Waals surface area (Å²) >= 11 is 0. The van der Waals surface area contributed by atoms with E-state index in [0.29, 0.717) is 0 Å². The van der Waals surface area contributed by atoms with Gasteiger partial charge in [-0.2, -0.15) is 4.98 Å². The summed E-state index contributed by atoms with van der Waals surface area (Å²) in [7, 11) is 1.61. The summed E-state index contributed by atoms with van der Waals surface area (Å²) in [6.07, 6.45) is 1.12. The first-order chi connectivity index (χ1) is 7.58. The lowest BCUT2D eigenvalue weighted by molar-refractivity contribution is -0.384. The highest BCUT2D eigenvalue weighted by molar-refractivity contribution is 5.57. The number of aliphatic hydroxyl groups excluding tert-OH is 1. The van der Waals surface area contributed by atoms with Crippen molar-refractivity contribution in [3.8, 4) is 0 Å².